The average Bonchev–Trinajstić information content (AvgIpc) is 3.50. The quantitative estimate of drug-likeness (QED) is 0.199. The molecule has 5 rings (SSSR count). The molecule has 3 heterocycles. The Kier molecular flexibility index (Phi) is 8.68. The largest absolute Gasteiger partial charge is 0.453 e. The van der Waals surface area contributed by atoms with Gasteiger partial charge in [0.25, 0.3) is 0 Å². The second-order valence-electron chi connectivity index (χ2n) is 11.0. The number of nitrogens with one attached hydrogen (secondary N) is 1. The summed E-state index contributed by atoms with van der Waals surface area (Å²) in [6, 6.07) is 8.34. The lowest BCUT2D eigenvalue weighted by molar-refractivity contribution is -0.118. The van der Waals surface area contributed by atoms with Crippen LogP contribution in [0.25, 0.3) is 20.9 Å². The van der Waals surface area contributed by atoms with Gasteiger partial charge in [-0.2, -0.15) is 0 Å². The zero-order valence-electron chi connectivity index (χ0n) is 23.9. The number of carbonyl (C=O) groups excluding carboxylic acids is 2. The number of halogens is 1. The summed E-state index contributed by atoms with van der Waals surface area (Å²) in [4.78, 5) is 36.7. The second kappa shape index (κ2) is 12.4. The van der Waals surface area contributed by atoms with E-state index in [0.717, 1.165) is 45.9 Å². The number of urea groups is 1. The number of amides is 2. The molecule has 8 nitrogen and oxygen atoms in total. The van der Waals surface area contributed by atoms with Gasteiger partial charge in [-0.25, -0.2) is 14.2 Å². The number of rotatable bonds is 12. The molecule has 41 heavy (non-hydrogen) atoms. The number of benzene rings is 1. The summed E-state index contributed by atoms with van der Waals surface area (Å²) in [6.45, 7) is 7.02. The van der Waals surface area contributed by atoms with Crippen molar-refractivity contribution in [2.24, 2.45) is 13.0 Å². The minimum atomic E-state index is -0.504. The highest BCUT2D eigenvalue weighted by molar-refractivity contribution is 7.22. The number of thiophene rings is 1. The maximum absolute atomic E-state index is 15.0. The molecule has 0 radical (unpaired) electrons. The van der Waals surface area contributed by atoms with Gasteiger partial charge in [0.1, 0.15) is 17.4 Å². The Balaban J connectivity index is 1.34. The van der Waals surface area contributed by atoms with E-state index in [-0.39, 0.29) is 30.0 Å². The molecule has 0 atom stereocenters. The van der Waals surface area contributed by atoms with Crippen LogP contribution in [0.3, 0.4) is 0 Å². The summed E-state index contributed by atoms with van der Waals surface area (Å²) in [5.74, 6) is 1.51. The first kappa shape index (κ1) is 28.7. The number of hydrogen-bond donors (Lipinski definition) is 1. The molecule has 0 bridgehead atoms. The molecule has 0 spiro atoms. The molecule has 1 fully saturated rings. The van der Waals surface area contributed by atoms with Gasteiger partial charge >= 0.3 is 6.03 Å². The third kappa shape index (κ3) is 6.93. The number of carbonyl (C=O) groups is 2. The van der Waals surface area contributed by atoms with E-state index >= 15 is 0 Å². The van der Waals surface area contributed by atoms with E-state index in [1.165, 1.54) is 17.4 Å². The molecule has 2 amide bonds. The average molecular weight is 578 g/mol. The lowest BCUT2D eigenvalue weighted by Gasteiger charge is -2.24. The number of hydrogen-bond acceptors (Lipinski definition) is 6. The summed E-state index contributed by atoms with van der Waals surface area (Å²) in [5, 5.41) is 2.97. The van der Waals surface area contributed by atoms with Gasteiger partial charge in [-0.3, -0.25) is 9.78 Å². The Morgan fingerprint density at radius 1 is 1.20 bits per heavy atom. The van der Waals surface area contributed by atoms with Crippen molar-refractivity contribution in [1.82, 2.24) is 24.8 Å². The normalized spacial score (nSPS) is 13.1. The number of aromatic nitrogens is 3. The Hall–Kier alpha value is -3.79. The molecule has 216 valence electrons. The molecule has 1 N–H and O–H groups in total. The summed E-state index contributed by atoms with van der Waals surface area (Å²) in [5.41, 5.74) is 2.29. The van der Waals surface area contributed by atoms with E-state index in [2.05, 4.69) is 15.3 Å². The summed E-state index contributed by atoms with van der Waals surface area (Å²) in [6.07, 6.45) is 7.34. The summed E-state index contributed by atoms with van der Waals surface area (Å²) in [7, 11) is 1.93. The Labute approximate surface area is 243 Å². The molecule has 1 aromatic carbocycles. The van der Waals surface area contributed by atoms with Crippen LogP contribution in [0.15, 0.2) is 42.7 Å². The van der Waals surface area contributed by atoms with Gasteiger partial charge < -0.3 is 19.5 Å². The lowest BCUT2D eigenvalue weighted by atomic mass is 10.0. The zero-order chi connectivity index (χ0) is 29.1. The van der Waals surface area contributed by atoms with E-state index in [9.17, 15) is 14.0 Å². The van der Waals surface area contributed by atoms with Crippen LogP contribution >= 0.6 is 11.3 Å². The molecule has 0 unspecified atom stereocenters. The highest BCUT2D eigenvalue weighted by Crippen LogP contribution is 2.39. The number of ketones is 1. The van der Waals surface area contributed by atoms with E-state index < -0.39 is 5.82 Å². The number of pyridine rings is 1. The van der Waals surface area contributed by atoms with Gasteiger partial charge in [0, 0.05) is 44.7 Å². The van der Waals surface area contributed by atoms with Crippen LogP contribution in [0.5, 0.6) is 11.5 Å². The second-order valence-corrected chi connectivity index (χ2v) is 12.1. The standard InChI is InChI=1S/C31H36FN5O3S/c1-5-12-37(31(39)35-19(2)3)18-22-17-34-30(36(22)4)28-16-25-29(41-28)27(10-11-33-25)40-26-9-8-21(15-24(26)32)14-23(38)13-20-6-7-20/h8-11,15-17,19-20H,5-7,12-14,18H2,1-4H3,(H,35,39). The highest BCUT2D eigenvalue weighted by atomic mass is 32.1. The topological polar surface area (TPSA) is 89.3 Å². The fourth-order valence-electron chi connectivity index (χ4n) is 4.78. The minimum Gasteiger partial charge on any atom is -0.453 e. The molecule has 0 saturated heterocycles. The van der Waals surface area contributed by atoms with Crippen molar-refractivity contribution in [2.75, 3.05) is 6.54 Å². The van der Waals surface area contributed by atoms with Crippen molar-refractivity contribution >= 4 is 33.4 Å². The van der Waals surface area contributed by atoms with Crippen LogP contribution in [-0.4, -0.2) is 43.8 Å². The van der Waals surface area contributed by atoms with Gasteiger partial charge in [-0.1, -0.05) is 13.0 Å². The van der Waals surface area contributed by atoms with Crippen LogP contribution in [-0.2, 0) is 24.8 Å². The lowest BCUT2D eigenvalue weighted by Crippen LogP contribution is -2.43. The van der Waals surface area contributed by atoms with Crippen LogP contribution < -0.4 is 10.1 Å². The van der Waals surface area contributed by atoms with Crippen molar-refractivity contribution < 1.29 is 18.7 Å². The van der Waals surface area contributed by atoms with Crippen LogP contribution in [0, 0.1) is 11.7 Å². The van der Waals surface area contributed by atoms with Gasteiger partial charge in [0.2, 0.25) is 0 Å². The summed E-state index contributed by atoms with van der Waals surface area (Å²) < 4.78 is 23.8. The Bertz CT molecular complexity index is 1560. The van der Waals surface area contributed by atoms with Crippen molar-refractivity contribution in [3.63, 3.8) is 0 Å². The first-order valence-corrected chi connectivity index (χ1v) is 15.0. The first-order valence-electron chi connectivity index (χ1n) is 14.1. The number of fused-ring (bicyclic) bond motifs is 1. The zero-order valence-corrected chi connectivity index (χ0v) is 24.8. The van der Waals surface area contributed by atoms with E-state index in [1.807, 2.05) is 38.5 Å². The van der Waals surface area contributed by atoms with Crippen LogP contribution in [0.1, 0.15) is 57.7 Å². The number of Topliss-reactive ketones (excluding diaryl/α,β-unsaturated/α-hetero) is 1. The van der Waals surface area contributed by atoms with Crippen molar-refractivity contribution in [2.45, 2.75) is 65.5 Å². The monoisotopic (exact) mass is 577 g/mol. The van der Waals surface area contributed by atoms with Gasteiger partial charge in [-0.05, 0) is 62.8 Å². The molecular formula is C31H36FN5O3S. The fraction of sp³-hybridized carbons (Fsp3) is 0.419. The van der Waals surface area contributed by atoms with E-state index in [0.29, 0.717) is 36.7 Å². The van der Waals surface area contributed by atoms with Crippen molar-refractivity contribution in [3.8, 4) is 22.2 Å². The van der Waals surface area contributed by atoms with Crippen molar-refractivity contribution in [3.05, 3.63) is 59.8 Å². The predicted molar refractivity (Wildman–Crippen MR) is 159 cm³/mol. The third-order valence-corrected chi connectivity index (χ3v) is 8.19. The highest BCUT2D eigenvalue weighted by Gasteiger charge is 2.24. The van der Waals surface area contributed by atoms with E-state index in [4.69, 9.17) is 4.74 Å². The molecule has 0 aliphatic heterocycles. The molecule has 10 heteroatoms. The van der Waals surface area contributed by atoms with Gasteiger partial charge in [0.05, 0.1) is 33.5 Å². The van der Waals surface area contributed by atoms with Crippen LogP contribution in [0.2, 0.25) is 0 Å². The molecule has 1 saturated carbocycles. The summed E-state index contributed by atoms with van der Waals surface area (Å²) >= 11 is 1.47. The Morgan fingerprint density at radius 3 is 2.71 bits per heavy atom. The van der Waals surface area contributed by atoms with Gasteiger partial charge in [0.15, 0.2) is 11.6 Å². The fourth-order valence-corrected chi connectivity index (χ4v) is 5.88. The maximum Gasteiger partial charge on any atom is 0.317 e. The third-order valence-electron chi connectivity index (χ3n) is 7.06. The number of ether oxygens (including phenoxy) is 1. The van der Waals surface area contributed by atoms with Crippen LogP contribution in [0.4, 0.5) is 9.18 Å². The molecule has 4 aromatic rings. The smallest absolute Gasteiger partial charge is 0.317 e. The SMILES string of the molecule is CCCN(Cc1cnc(-c2cc3nccc(Oc4ccc(CC(=O)CC5CC5)cc4F)c3s2)n1C)C(=O)NC(C)C. The first-order chi connectivity index (χ1) is 19.7. The van der Waals surface area contributed by atoms with Crippen molar-refractivity contribution in [1.29, 1.82) is 0 Å². The predicted octanol–water partition coefficient (Wildman–Crippen LogP) is 6.87. The maximum atomic E-state index is 15.0. The van der Waals surface area contributed by atoms with Gasteiger partial charge in [-0.15, -0.1) is 11.3 Å². The molecule has 3 aromatic heterocycles. The molecular weight excluding hydrogens is 541 g/mol. The Morgan fingerprint density at radius 2 is 2.00 bits per heavy atom. The minimum absolute atomic E-state index is 0.0546. The number of imidazole rings is 1. The van der Waals surface area contributed by atoms with E-state index in [1.54, 1.807) is 35.5 Å². The molecule has 1 aliphatic carbocycles. The molecule has 1 aliphatic rings. The number of nitrogens with zero attached hydrogens (tertiary/aromatic N) is 4.